The summed E-state index contributed by atoms with van der Waals surface area (Å²) in [5.74, 6) is -0.845. The molecule has 1 aromatic carbocycles. The van der Waals surface area contributed by atoms with Gasteiger partial charge in [0.25, 0.3) is 0 Å². The maximum absolute atomic E-state index is 12.6. The summed E-state index contributed by atoms with van der Waals surface area (Å²) in [7, 11) is -3.62. The largest absolute Gasteiger partial charge is 0.478 e. The van der Waals surface area contributed by atoms with E-state index in [0.717, 1.165) is 6.42 Å². The minimum atomic E-state index is -3.62. The van der Waals surface area contributed by atoms with Crippen LogP contribution in [0.3, 0.4) is 0 Å². The predicted octanol–water partition coefficient (Wildman–Crippen LogP) is 2.20. The predicted molar refractivity (Wildman–Crippen MR) is 92.6 cm³/mol. The Balaban J connectivity index is 1.70. The van der Waals surface area contributed by atoms with E-state index in [4.69, 9.17) is 5.11 Å². The van der Waals surface area contributed by atoms with E-state index in [1.165, 1.54) is 12.1 Å². The first-order valence-electron chi connectivity index (χ1n) is 8.40. The van der Waals surface area contributed by atoms with E-state index in [2.05, 4.69) is 4.72 Å². The van der Waals surface area contributed by atoms with Gasteiger partial charge in [0.2, 0.25) is 10.0 Å². The first-order valence-corrected chi connectivity index (χ1v) is 10.1. The minimum Gasteiger partial charge on any atom is -0.478 e. The van der Waals surface area contributed by atoms with Crippen molar-refractivity contribution in [3.05, 3.63) is 35.4 Å². The third-order valence-corrected chi connectivity index (χ3v) is 7.73. The highest BCUT2D eigenvalue weighted by Crippen LogP contribution is 2.64. The van der Waals surface area contributed by atoms with Gasteiger partial charge in [0.05, 0.1) is 11.3 Å². The van der Waals surface area contributed by atoms with E-state index in [1.54, 1.807) is 12.1 Å². The molecule has 2 bridgehead atoms. The molecule has 2 fully saturated rings. The van der Waals surface area contributed by atoms with Crippen molar-refractivity contribution in [3.63, 3.8) is 0 Å². The van der Waals surface area contributed by atoms with Crippen LogP contribution in [0.15, 0.2) is 24.3 Å². The molecule has 2 aliphatic carbocycles. The zero-order chi connectivity index (χ0) is 18.5. The van der Waals surface area contributed by atoms with Crippen molar-refractivity contribution in [1.82, 2.24) is 4.72 Å². The van der Waals surface area contributed by atoms with E-state index in [0.29, 0.717) is 18.4 Å². The summed E-state index contributed by atoms with van der Waals surface area (Å²) in [6.45, 7) is 4.10. The average Bonchev–Trinajstić information content (AvgIpc) is 2.87. The van der Waals surface area contributed by atoms with Gasteiger partial charge in [0.1, 0.15) is 5.78 Å². The van der Waals surface area contributed by atoms with Crippen LogP contribution in [0.2, 0.25) is 0 Å². The van der Waals surface area contributed by atoms with Crippen molar-refractivity contribution in [1.29, 1.82) is 0 Å². The number of sulfonamides is 1. The van der Waals surface area contributed by atoms with Gasteiger partial charge in [0.15, 0.2) is 0 Å². The molecule has 25 heavy (non-hydrogen) atoms. The zero-order valence-electron chi connectivity index (χ0n) is 14.4. The Morgan fingerprint density at radius 2 is 1.92 bits per heavy atom. The SMILES string of the molecule is CC1(C)[C@@H]2CC[C@]1(CS(=O)(=O)NCc1ccc(C(=O)O)cc1)C(=O)C2. The molecule has 7 heteroatoms. The van der Waals surface area contributed by atoms with Crippen molar-refractivity contribution >= 4 is 21.8 Å². The summed E-state index contributed by atoms with van der Waals surface area (Å²) in [4.78, 5) is 23.3. The van der Waals surface area contributed by atoms with Gasteiger partial charge in [-0.05, 0) is 41.9 Å². The van der Waals surface area contributed by atoms with Gasteiger partial charge in [-0.15, -0.1) is 0 Å². The molecule has 0 saturated heterocycles. The number of carboxylic acids is 1. The summed E-state index contributed by atoms with van der Waals surface area (Å²) in [5, 5.41) is 8.88. The minimum absolute atomic E-state index is 0.0740. The molecule has 3 rings (SSSR count). The van der Waals surface area contributed by atoms with Crippen LogP contribution in [0, 0.1) is 16.7 Å². The fourth-order valence-electron chi connectivity index (χ4n) is 4.44. The first-order chi connectivity index (χ1) is 11.6. The van der Waals surface area contributed by atoms with E-state index < -0.39 is 21.4 Å². The molecule has 136 valence electrons. The second-order valence-electron chi connectivity index (χ2n) is 7.75. The normalized spacial score (nSPS) is 27.6. The number of carbonyl (C=O) groups is 2. The number of benzene rings is 1. The van der Waals surface area contributed by atoms with Crippen LogP contribution in [0.5, 0.6) is 0 Å². The van der Waals surface area contributed by atoms with E-state index in [9.17, 15) is 18.0 Å². The summed E-state index contributed by atoms with van der Waals surface area (Å²) in [6, 6.07) is 6.05. The van der Waals surface area contributed by atoms with E-state index in [1.807, 2.05) is 13.8 Å². The standard InChI is InChI=1S/C18H23NO5S/c1-17(2)14-7-8-18(17,15(20)9-14)11-25(23,24)19-10-12-3-5-13(6-4-12)16(21)22/h3-6,14,19H,7-11H2,1-2H3,(H,21,22)/t14-,18+/m1/s1. The van der Waals surface area contributed by atoms with E-state index in [-0.39, 0.29) is 35.0 Å². The highest BCUT2D eigenvalue weighted by molar-refractivity contribution is 7.89. The smallest absolute Gasteiger partial charge is 0.335 e. The highest BCUT2D eigenvalue weighted by Gasteiger charge is 2.65. The molecule has 2 N–H and O–H groups in total. The molecule has 0 radical (unpaired) electrons. The van der Waals surface area contributed by atoms with Crippen molar-refractivity contribution in [2.45, 2.75) is 39.7 Å². The van der Waals surface area contributed by atoms with Gasteiger partial charge in [-0.3, -0.25) is 4.79 Å². The Kier molecular flexibility index (Phi) is 4.28. The number of carboxylic acid groups (broad SMARTS) is 1. The molecule has 2 aliphatic rings. The molecule has 0 unspecified atom stereocenters. The molecule has 0 spiro atoms. The number of Topliss-reactive ketones (excluding diaryl/α,β-unsaturated/α-hetero) is 1. The van der Waals surface area contributed by atoms with Crippen LogP contribution < -0.4 is 4.72 Å². The zero-order valence-corrected chi connectivity index (χ0v) is 15.2. The van der Waals surface area contributed by atoms with Crippen molar-refractivity contribution in [2.24, 2.45) is 16.7 Å². The molecule has 0 aromatic heterocycles. The maximum Gasteiger partial charge on any atom is 0.335 e. The number of ketones is 1. The van der Waals surface area contributed by atoms with Gasteiger partial charge in [-0.25, -0.2) is 17.9 Å². The monoisotopic (exact) mass is 365 g/mol. The summed E-state index contributed by atoms with van der Waals surface area (Å²) < 4.78 is 27.7. The third kappa shape index (κ3) is 3.00. The molecule has 6 nitrogen and oxygen atoms in total. The van der Waals surface area contributed by atoms with Crippen LogP contribution in [0.4, 0.5) is 0 Å². The lowest BCUT2D eigenvalue weighted by molar-refractivity contribution is -0.128. The summed E-state index contributed by atoms with van der Waals surface area (Å²) >= 11 is 0. The Labute approximate surface area is 147 Å². The molecular formula is C18H23NO5S. The Hall–Kier alpha value is -1.73. The molecule has 0 aliphatic heterocycles. The number of rotatable bonds is 6. The van der Waals surface area contributed by atoms with Gasteiger partial charge in [0, 0.05) is 18.4 Å². The summed E-state index contributed by atoms with van der Waals surface area (Å²) in [5.41, 5.74) is -0.244. The van der Waals surface area contributed by atoms with Crippen molar-refractivity contribution in [3.8, 4) is 0 Å². The number of nitrogens with one attached hydrogen (secondary N) is 1. The molecule has 1 aromatic rings. The van der Waals surface area contributed by atoms with Crippen LogP contribution in [0.1, 0.15) is 49.0 Å². The van der Waals surface area contributed by atoms with Gasteiger partial charge >= 0.3 is 5.97 Å². The Morgan fingerprint density at radius 1 is 1.28 bits per heavy atom. The molecule has 2 saturated carbocycles. The first kappa shape index (κ1) is 18.1. The van der Waals surface area contributed by atoms with Crippen molar-refractivity contribution in [2.75, 3.05) is 5.75 Å². The lowest BCUT2D eigenvalue weighted by Gasteiger charge is -2.36. The Morgan fingerprint density at radius 3 is 2.40 bits per heavy atom. The topological polar surface area (TPSA) is 101 Å². The molecular weight excluding hydrogens is 342 g/mol. The number of carbonyl (C=O) groups excluding carboxylic acids is 1. The number of aromatic carboxylic acids is 1. The second kappa shape index (κ2) is 5.92. The highest BCUT2D eigenvalue weighted by atomic mass is 32.2. The lowest BCUT2D eigenvalue weighted by Crippen LogP contribution is -2.45. The molecule has 2 atom stereocenters. The number of hydrogen-bond acceptors (Lipinski definition) is 4. The molecule has 0 heterocycles. The second-order valence-corrected chi connectivity index (χ2v) is 9.56. The maximum atomic E-state index is 12.6. The van der Waals surface area contributed by atoms with Gasteiger partial charge in [-0.2, -0.15) is 0 Å². The van der Waals surface area contributed by atoms with Crippen LogP contribution in [0.25, 0.3) is 0 Å². The van der Waals surface area contributed by atoms with Gasteiger partial charge < -0.3 is 5.11 Å². The van der Waals surface area contributed by atoms with Crippen LogP contribution in [-0.4, -0.2) is 31.0 Å². The quantitative estimate of drug-likeness (QED) is 0.805. The van der Waals surface area contributed by atoms with E-state index >= 15 is 0 Å². The number of hydrogen-bond donors (Lipinski definition) is 2. The summed E-state index contributed by atoms with van der Waals surface area (Å²) in [6.07, 6.45) is 2.03. The van der Waals surface area contributed by atoms with Crippen LogP contribution in [-0.2, 0) is 21.4 Å². The van der Waals surface area contributed by atoms with Gasteiger partial charge in [-0.1, -0.05) is 26.0 Å². The third-order valence-electron chi connectivity index (χ3n) is 6.27. The fraction of sp³-hybridized carbons (Fsp3) is 0.556. The Bertz CT molecular complexity index is 812. The lowest BCUT2D eigenvalue weighted by atomic mass is 9.70. The van der Waals surface area contributed by atoms with Crippen molar-refractivity contribution < 1.29 is 23.1 Å². The average molecular weight is 365 g/mol. The number of fused-ring (bicyclic) bond motifs is 2. The van der Waals surface area contributed by atoms with Crippen LogP contribution >= 0.6 is 0 Å². The molecule has 0 amide bonds. The fourth-order valence-corrected chi connectivity index (χ4v) is 6.26.